The molecule has 26 heavy (non-hydrogen) atoms. The number of aryl methyl sites for hydroxylation is 2. The van der Waals surface area contributed by atoms with Crippen molar-refractivity contribution in [3.63, 3.8) is 0 Å². The lowest BCUT2D eigenvalue weighted by Gasteiger charge is -2.12. The molecule has 1 N–H and O–H groups in total. The molecule has 3 rings (SSSR count). The van der Waals surface area contributed by atoms with Crippen LogP contribution in [0.1, 0.15) is 16.1 Å². The molecule has 0 saturated heterocycles. The average molecular weight is 355 g/mol. The number of nitrogens with zero attached hydrogens (tertiary/aromatic N) is 2. The fraction of sp³-hybridized carbons (Fsp3) is 0.263. The summed E-state index contributed by atoms with van der Waals surface area (Å²) in [5.41, 5.74) is 1.81. The summed E-state index contributed by atoms with van der Waals surface area (Å²) in [6.07, 6.45) is 1.69. The zero-order valence-corrected chi connectivity index (χ0v) is 15.2. The Morgan fingerprint density at radius 1 is 1.12 bits per heavy atom. The van der Waals surface area contributed by atoms with E-state index in [1.54, 1.807) is 57.3 Å². The van der Waals surface area contributed by atoms with Crippen molar-refractivity contribution >= 4 is 16.8 Å². The topological polar surface area (TPSA) is 74.5 Å². The van der Waals surface area contributed by atoms with Gasteiger partial charge in [0.05, 0.1) is 25.1 Å². The number of pyridine rings is 1. The smallest absolute Gasteiger partial charge is 0.268 e. The lowest BCUT2D eigenvalue weighted by Crippen LogP contribution is -2.25. The fourth-order valence-corrected chi connectivity index (χ4v) is 2.93. The quantitative estimate of drug-likeness (QED) is 0.758. The van der Waals surface area contributed by atoms with Gasteiger partial charge in [0, 0.05) is 32.4 Å². The number of hydrogen-bond acceptors (Lipinski definition) is 4. The molecule has 0 aliphatic rings. The van der Waals surface area contributed by atoms with E-state index in [-0.39, 0.29) is 18.0 Å². The number of carbonyl (C=O) groups is 1. The number of amides is 1. The van der Waals surface area contributed by atoms with Crippen molar-refractivity contribution in [2.45, 2.75) is 6.54 Å². The lowest BCUT2D eigenvalue weighted by molar-refractivity contribution is 0.0943. The predicted octanol–water partition coefficient (Wildman–Crippen LogP) is 1.82. The maximum atomic E-state index is 12.6. The van der Waals surface area contributed by atoms with Crippen LogP contribution in [0.2, 0.25) is 0 Å². The summed E-state index contributed by atoms with van der Waals surface area (Å²) in [6.45, 7) is 0.277. The zero-order chi connectivity index (χ0) is 18.8. The van der Waals surface area contributed by atoms with Crippen molar-refractivity contribution in [2.24, 2.45) is 14.1 Å². The maximum Gasteiger partial charge on any atom is 0.268 e. The van der Waals surface area contributed by atoms with Gasteiger partial charge in [-0.3, -0.25) is 9.59 Å². The number of ether oxygens (including phenoxy) is 2. The van der Waals surface area contributed by atoms with E-state index in [1.165, 1.54) is 4.57 Å². The zero-order valence-electron chi connectivity index (χ0n) is 15.2. The minimum Gasteiger partial charge on any atom is -0.497 e. The summed E-state index contributed by atoms with van der Waals surface area (Å²) >= 11 is 0. The van der Waals surface area contributed by atoms with Gasteiger partial charge < -0.3 is 23.9 Å². The number of rotatable bonds is 5. The summed E-state index contributed by atoms with van der Waals surface area (Å²) < 4.78 is 13.8. The van der Waals surface area contributed by atoms with Crippen molar-refractivity contribution in [2.75, 3.05) is 14.2 Å². The summed E-state index contributed by atoms with van der Waals surface area (Å²) in [7, 11) is 6.61. The fourth-order valence-electron chi connectivity index (χ4n) is 2.93. The third kappa shape index (κ3) is 3.03. The Morgan fingerprint density at radius 2 is 1.88 bits per heavy atom. The van der Waals surface area contributed by atoms with Crippen LogP contribution in [0.3, 0.4) is 0 Å². The number of benzene rings is 1. The van der Waals surface area contributed by atoms with E-state index in [1.807, 2.05) is 12.1 Å². The Hall–Kier alpha value is -3.22. The maximum absolute atomic E-state index is 12.6. The summed E-state index contributed by atoms with van der Waals surface area (Å²) in [6, 6.07) is 8.84. The Balaban J connectivity index is 1.88. The number of hydrogen-bond donors (Lipinski definition) is 1. The highest BCUT2D eigenvalue weighted by molar-refractivity contribution is 5.98. The SMILES string of the molecule is COc1ccc(OC)c(CNC(=O)c2cc3c(=O)n(C)ccc3n2C)c1. The molecule has 136 valence electrons. The molecule has 0 fully saturated rings. The molecule has 0 radical (unpaired) electrons. The van der Waals surface area contributed by atoms with Crippen molar-refractivity contribution in [3.05, 3.63) is 58.1 Å². The molecule has 7 nitrogen and oxygen atoms in total. The summed E-state index contributed by atoms with van der Waals surface area (Å²) in [5, 5.41) is 3.39. The third-order valence-electron chi connectivity index (χ3n) is 4.45. The van der Waals surface area contributed by atoms with Crippen LogP contribution in [0.15, 0.2) is 41.3 Å². The molecule has 0 atom stereocenters. The van der Waals surface area contributed by atoms with E-state index >= 15 is 0 Å². The molecule has 0 unspecified atom stereocenters. The van der Waals surface area contributed by atoms with Gasteiger partial charge in [0.15, 0.2) is 0 Å². The van der Waals surface area contributed by atoms with Gasteiger partial charge in [-0.1, -0.05) is 0 Å². The molecule has 1 amide bonds. The molecule has 0 aliphatic heterocycles. The Labute approximate surface area is 150 Å². The number of aromatic nitrogens is 2. The van der Waals surface area contributed by atoms with Gasteiger partial charge in [0.2, 0.25) is 0 Å². The van der Waals surface area contributed by atoms with E-state index in [0.717, 1.165) is 11.1 Å². The van der Waals surface area contributed by atoms with Gasteiger partial charge in [-0.25, -0.2) is 0 Å². The van der Waals surface area contributed by atoms with Gasteiger partial charge in [-0.15, -0.1) is 0 Å². The molecular weight excluding hydrogens is 334 g/mol. The first-order valence-electron chi connectivity index (χ1n) is 8.10. The Morgan fingerprint density at radius 3 is 2.58 bits per heavy atom. The molecule has 7 heteroatoms. The Kier molecular flexibility index (Phi) is 4.71. The van der Waals surface area contributed by atoms with Crippen LogP contribution < -0.4 is 20.3 Å². The van der Waals surface area contributed by atoms with Gasteiger partial charge in [0.1, 0.15) is 17.2 Å². The van der Waals surface area contributed by atoms with Crippen LogP contribution in [0.4, 0.5) is 0 Å². The van der Waals surface area contributed by atoms with Gasteiger partial charge in [-0.2, -0.15) is 0 Å². The van der Waals surface area contributed by atoms with E-state index < -0.39 is 0 Å². The molecule has 2 aromatic heterocycles. The number of methoxy groups -OCH3 is 2. The third-order valence-corrected chi connectivity index (χ3v) is 4.45. The Bertz CT molecular complexity index is 1030. The van der Waals surface area contributed by atoms with Crippen molar-refractivity contribution < 1.29 is 14.3 Å². The first-order valence-corrected chi connectivity index (χ1v) is 8.10. The average Bonchev–Trinajstić information content (AvgIpc) is 2.99. The monoisotopic (exact) mass is 355 g/mol. The van der Waals surface area contributed by atoms with Crippen LogP contribution >= 0.6 is 0 Å². The largest absolute Gasteiger partial charge is 0.497 e. The van der Waals surface area contributed by atoms with Crippen molar-refractivity contribution in [1.29, 1.82) is 0 Å². The van der Waals surface area contributed by atoms with Crippen LogP contribution in [0.25, 0.3) is 10.9 Å². The number of carbonyl (C=O) groups excluding carboxylic acids is 1. The minimum absolute atomic E-state index is 0.133. The minimum atomic E-state index is -0.268. The van der Waals surface area contributed by atoms with E-state index in [4.69, 9.17) is 9.47 Å². The van der Waals surface area contributed by atoms with Crippen LogP contribution in [-0.4, -0.2) is 29.3 Å². The van der Waals surface area contributed by atoms with Crippen LogP contribution in [-0.2, 0) is 20.6 Å². The predicted molar refractivity (Wildman–Crippen MR) is 98.9 cm³/mol. The van der Waals surface area contributed by atoms with Crippen molar-refractivity contribution in [3.8, 4) is 11.5 Å². The summed E-state index contributed by atoms with van der Waals surface area (Å²) in [4.78, 5) is 24.9. The normalized spacial score (nSPS) is 10.8. The summed E-state index contributed by atoms with van der Waals surface area (Å²) in [5.74, 6) is 1.08. The highest BCUT2D eigenvalue weighted by Gasteiger charge is 2.16. The van der Waals surface area contributed by atoms with Crippen LogP contribution in [0, 0.1) is 0 Å². The molecule has 1 aromatic carbocycles. The molecule has 0 saturated carbocycles. The van der Waals surface area contributed by atoms with Gasteiger partial charge >= 0.3 is 0 Å². The first-order chi connectivity index (χ1) is 12.5. The standard InChI is InChI=1S/C19H21N3O4/c1-21-8-7-15-14(19(21)24)10-16(22(15)2)18(23)20-11-12-9-13(25-3)5-6-17(12)26-4/h5-10H,11H2,1-4H3,(H,20,23). The highest BCUT2D eigenvalue weighted by Crippen LogP contribution is 2.24. The number of nitrogens with one attached hydrogen (secondary N) is 1. The second kappa shape index (κ2) is 6.95. The molecule has 3 aromatic rings. The van der Waals surface area contributed by atoms with E-state index in [2.05, 4.69) is 5.32 Å². The molecule has 0 bridgehead atoms. The molecule has 0 spiro atoms. The second-order valence-electron chi connectivity index (χ2n) is 5.98. The van der Waals surface area contributed by atoms with Gasteiger partial charge in [0.25, 0.3) is 11.5 Å². The first kappa shape index (κ1) is 17.6. The molecular formula is C19H21N3O4. The van der Waals surface area contributed by atoms with E-state index in [9.17, 15) is 9.59 Å². The lowest BCUT2D eigenvalue weighted by atomic mass is 10.2. The van der Waals surface area contributed by atoms with Crippen molar-refractivity contribution in [1.82, 2.24) is 14.5 Å². The molecule has 2 heterocycles. The molecule has 0 aliphatic carbocycles. The van der Waals surface area contributed by atoms with Crippen LogP contribution in [0.5, 0.6) is 11.5 Å². The van der Waals surface area contributed by atoms with E-state index in [0.29, 0.717) is 22.6 Å². The number of fused-ring (bicyclic) bond motifs is 1. The second-order valence-corrected chi connectivity index (χ2v) is 5.98. The highest BCUT2D eigenvalue weighted by atomic mass is 16.5. The van der Waals surface area contributed by atoms with Gasteiger partial charge in [-0.05, 0) is 30.3 Å².